The molecule has 1 aromatic carbocycles. The number of nitrogens with zero attached hydrogens (tertiary/aromatic N) is 3. The van der Waals surface area contributed by atoms with Crippen LogP contribution in [0.3, 0.4) is 0 Å². The Bertz CT molecular complexity index is 884. The second-order valence-electron chi connectivity index (χ2n) is 5.50. The van der Waals surface area contributed by atoms with E-state index in [4.69, 9.17) is 16.2 Å². The van der Waals surface area contributed by atoms with Crippen molar-refractivity contribution in [1.82, 2.24) is 14.5 Å². The summed E-state index contributed by atoms with van der Waals surface area (Å²) in [5.74, 6) is 1.15. The van der Waals surface area contributed by atoms with Gasteiger partial charge in [0.2, 0.25) is 0 Å². The molecule has 4 rings (SSSR count). The molecule has 0 radical (unpaired) electrons. The van der Waals surface area contributed by atoms with Gasteiger partial charge in [-0.1, -0.05) is 0 Å². The van der Waals surface area contributed by atoms with E-state index in [1.165, 1.54) is 17.6 Å². The molecule has 22 heavy (non-hydrogen) atoms. The summed E-state index contributed by atoms with van der Waals surface area (Å²) in [5.41, 5.74) is 18.0. The van der Waals surface area contributed by atoms with E-state index in [9.17, 15) is 0 Å². The minimum Gasteiger partial charge on any atom is -0.495 e. The zero-order valence-electron chi connectivity index (χ0n) is 12.3. The number of ether oxygens (including phenoxy) is 1. The first-order chi connectivity index (χ1) is 10.7. The summed E-state index contributed by atoms with van der Waals surface area (Å²) in [7, 11) is 1.62. The number of nitrogen functional groups attached to an aromatic ring is 2. The van der Waals surface area contributed by atoms with E-state index < -0.39 is 0 Å². The number of nitrogens with two attached hydrogens (primary N) is 2. The Morgan fingerprint density at radius 2 is 2.05 bits per heavy atom. The minimum atomic E-state index is 0.496. The predicted octanol–water partition coefficient (Wildman–Crippen LogP) is 2.08. The molecule has 0 saturated heterocycles. The number of aromatic nitrogens is 3. The quantitative estimate of drug-likeness (QED) is 0.706. The maximum atomic E-state index is 6.13. The maximum absolute atomic E-state index is 6.13. The molecular formula is C16H17N5O. The first-order valence-corrected chi connectivity index (χ1v) is 7.27. The highest BCUT2D eigenvalue weighted by atomic mass is 16.5. The fourth-order valence-electron chi connectivity index (χ4n) is 3.32. The van der Waals surface area contributed by atoms with Crippen LogP contribution in [0.1, 0.15) is 17.7 Å². The lowest BCUT2D eigenvalue weighted by Gasteiger charge is -2.13. The first kappa shape index (κ1) is 12.9. The normalized spacial score (nSPS) is 13.5. The van der Waals surface area contributed by atoms with E-state index in [1.807, 2.05) is 18.2 Å². The molecular weight excluding hydrogens is 278 g/mol. The van der Waals surface area contributed by atoms with Crippen LogP contribution in [0.4, 0.5) is 11.5 Å². The highest BCUT2D eigenvalue weighted by molar-refractivity contribution is 5.91. The van der Waals surface area contributed by atoms with Crippen LogP contribution < -0.4 is 16.2 Å². The van der Waals surface area contributed by atoms with Gasteiger partial charge in [0.15, 0.2) is 5.82 Å². The topological polar surface area (TPSA) is 92.0 Å². The Hall–Kier alpha value is -2.76. The summed E-state index contributed by atoms with van der Waals surface area (Å²) < 4.78 is 7.49. The van der Waals surface area contributed by atoms with E-state index in [1.54, 1.807) is 7.11 Å². The number of aryl methyl sites for hydroxylation is 1. The fourth-order valence-corrected chi connectivity index (χ4v) is 3.32. The van der Waals surface area contributed by atoms with E-state index in [0.29, 0.717) is 17.3 Å². The molecule has 0 saturated carbocycles. The molecule has 3 aromatic rings. The van der Waals surface area contributed by atoms with Gasteiger partial charge in [0.25, 0.3) is 0 Å². The van der Waals surface area contributed by atoms with Gasteiger partial charge >= 0.3 is 0 Å². The summed E-state index contributed by atoms with van der Waals surface area (Å²) in [6, 6.07) is 5.75. The molecule has 6 nitrogen and oxygen atoms in total. The smallest absolute Gasteiger partial charge is 0.151 e. The summed E-state index contributed by atoms with van der Waals surface area (Å²) in [4.78, 5) is 8.61. The average molecular weight is 295 g/mol. The largest absolute Gasteiger partial charge is 0.495 e. The number of fused-ring (bicyclic) bond motifs is 3. The van der Waals surface area contributed by atoms with Gasteiger partial charge in [0.1, 0.15) is 17.6 Å². The van der Waals surface area contributed by atoms with Crippen LogP contribution in [-0.2, 0) is 12.8 Å². The number of rotatable bonds is 2. The molecule has 0 atom stereocenters. The monoisotopic (exact) mass is 295 g/mol. The van der Waals surface area contributed by atoms with Crippen molar-refractivity contribution in [3.05, 3.63) is 35.8 Å². The van der Waals surface area contributed by atoms with Gasteiger partial charge in [-0.05, 0) is 37.0 Å². The zero-order chi connectivity index (χ0) is 15.3. The average Bonchev–Trinajstić information content (AvgIpc) is 3.09. The van der Waals surface area contributed by atoms with E-state index in [-0.39, 0.29) is 0 Å². The van der Waals surface area contributed by atoms with Gasteiger partial charge in [-0.15, -0.1) is 0 Å². The Morgan fingerprint density at radius 3 is 2.86 bits per heavy atom. The van der Waals surface area contributed by atoms with Crippen molar-refractivity contribution in [3.8, 4) is 11.4 Å². The van der Waals surface area contributed by atoms with Crippen LogP contribution in [0.5, 0.6) is 5.75 Å². The van der Waals surface area contributed by atoms with Crippen LogP contribution in [0.2, 0.25) is 0 Å². The summed E-state index contributed by atoms with van der Waals surface area (Å²) in [6.45, 7) is 0. The lowest BCUT2D eigenvalue weighted by atomic mass is 10.2. The Morgan fingerprint density at radius 1 is 1.18 bits per heavy atom. The SMILES string of the molecule is COc1cc(-n2c3c(c4ncnc(N)c42)CCC3)ccc1N. The molecule has 2 aromatic heterocycles. The number of hydrogen-bond donors (Lipinski definition) is 2. The van der Waals surface area contributed by atoms with Crippen LogP contribution in [-0.4, -0.2) is 21.6 Å². The molecule has 1 aliphatic carbocycles. The zero-order valence-corrected chi connectivity index (χ0v) is 12.3. The second kappa shape index (κ2) is 4.62. The number of benzene rings is 1. The number of methoxy groups -OCH3 is 1. The molecule has 0 unspecified atom stereocenters. The molecule has 4 N–H and O–H groups in total. The van der Waals surface area contributed by atoms with Crippen molar-refractivity contribution in [2.45, 2.75) is 19.3 Å². The summed E-state index contributed by atoms with van der Waals surface area (Å²) in [6.07, 6.45) is 4.71. The first-order valence-electron chi connectivity index (χ1n) is 7.27. The molecule has 2 heterocycles. The van der Waals surface area contributed by atoms with Crippen molar-refractivity contribution >= 4 is 22.5 Å². The van der Waals surface area contributed by atoms with Gasteiger partial charge in [-0.3, -0.25) is 0 Å². The van der Waals surface area contributed by atoms with E-state index in [2.05, 4.69) is 14.5 Å². The maximum Gasteiger partial charge on any atom is 0.151 e. The third kappa shape index (κ3) is 1.67. The van der Waals surface area contributed by atoms with Gasteiger partial charge < -0.3 is 20.8 Å². The Kier molecular flexibility index (Phi) is 2.72. The highest BCUT2D eigenvalue weighted by Crippen LogP contribution is 2.37. The van der Waals surface area contributed by atoms with Crippen LogP contribution in [0, 0.1) is 0 Å². The van der Waals surface area contributed by atoms with Gasteiger partial charge in [-0.25, -0.2) is 9.97 Å². The molecule has 0 aliphatic heterocycles. The molecule has 1 aliphatic rings. The summed E-state index contributed by atoms with van der Waals surface area (Å²) >= 11 is 0. The highest BCUT2D eigenvalue weighted by Gasteiger charge is 2.25. The number of anilines is 2. The van der Waals surface area contributed by atoms with Gasteiger partial charge in [0.05, 0.1) is 18.3 Å². The van der Waals surface area contributed by atoms with Gasteiger partial charge in [0, 0.05) is 17.4 Å². The standard InChI is InChI=1S/C16H17N5O/c1-22-13-7-9(5-6-11(13)17)21-12-4-2-3-10(12)14-15(21)16(18)20-8-19-14/h5-8H,2-4,17H2,1H3,(H2,18,19,20). The van der Waals surface area contributed by atoms with Crippen molar-refractivity contribution in [2.24, 2.45) is 0 Å². The molecule has 0 spiro atoms. The van der Waals surface area contributed by atoms with Crippen molar-refractivity contribution in [2.75, 3.05) is 18.6 Å². The lowest BCUT2D eigenvalue weighted by Crippen LogP contribution is -2.03. The molecule has 112 valence electrons. The number of hydrogen-bond acceptors (Lipinski definition) is 5. The van der Waals surface area contributed by atoms with Crippen LogP contribution >= 0.6 is 0 Å². The second-order valence-corrected chi connectivity index (χ2v) is 5.50. The summed E-state index contributed by atoms with van der Waals surface area (Å²) in [5, 5.41) is 0. The Balaban J connectivity index is 2.07. The van der Waals surface area contributed by atoms with Crippen molar-refractivity contribution < 1.29 is 4.74 Å². The minimum absolute atomic E-state index is 0.496. The third-order valence-electron chi connectivity index (χ3n) is 4.29. The predicted molar refractivity (Wildman–Crippen MR) is 86.3 cm³/mol. The van der Waals surface area contributed by atoms with Crippen LogP contribution in [0.15, 0.2) is 24.5 Å². The van der Waals surface area contributed by atoms with E-state index in [0.717, 1.165) is 36.0 Å². The van der Waals surface area contributed by atoms with Crippen molar-refractivity contribution in [1.29, 1.82) is 0 Å². The molecule has 0 amide bonds. The third-order valence-corrected chi connectivity index (χ3v) is 4.29. The lowest BCUT2D eigenvalue weighted by molar-refractivity contribution is 0.417. The molecule has 0 bridgehead atoms. The van der Waals surface area contributed by atoms with Crippen LogP contribution in [0.25, 0.3) is 16.7 Å². The van der Waals surface area contributed by atoms with E-state index >= 15 is 0 Å². The fraction of sp³-hybridized carbons (Fsp3) is 0.250. The molecule has 6 heteroatoms. The Labute approximate surface area is 127 Å². The molecule has 0 fully saturated rings. The van der Waals surface area contributed by atoms with Gasteiger partial charge in [-0.2, -0.15) is 0 Å². The van der Waals surface area contributed by atoms with Crippen molar-refractivity contribution in [3.63, 3.8) is 0 Å².